The summed E-state index contributed by atoms with van der Waals surface area (Å²) < 4.78 is 0. The van der Waals surface area contributed by atoms with Crippen molar-refractivity contribution >= 4 is 5.97 Å². The van der Waals surface area contributed by atoms with Crippen LogP contribution in [0.3, 0.4) is 0 Å². The number of rotatable bonds is 3. The average molecular weight is 239 g/mol. The lowest BCUT2D eigenvalue weighted by Crippen LogP contribution is -2.39. The van der Waals surface area contributed by atoms with Gasteiger partial charge in [-0.2, -0.15) is 0 Å². The number of carbonyl (C=O) groups is 1. The Kier molecular flexibility index (Phi) is 4.43. The zero-order valence-corrected chi connectivity index (χ0v) is 10.9. The van der Waals surface area contributed by atoms with Crippen LogP contribution in [0.2, 0.25) is 0 Å². The van der Waals surface area contributed by atoms with E-state index in [9.17, 15) is 4.79 Å². The molecule has 2 aliphatic rings. The Morgan fingerprint density at radius 3 is 2.53 bits per heavy atom. The molecule has 2 unspecified atom stereocenters. The van der Waals surface area contributed by atoms with Crippen molar-refractivity contribution in [2.45, 2.75) is 45.4 Å². The summed E-state index contributed by atoms with van der Waals surface area (Å²) in [5.41, 5.74) is 0. The number of carboxylic acid groups (broad SMARTS) is 1. The van der Waals surface area contributed by atoms with E-state index in [0.29, 0.717) is 0 Å². The predicted molar refractivity (Wildman–Crippen MR) is 67.9 cm³/mol. The van der Waals surface area contributed by atoms with Gasteiger partial charge < -0.3 is 10.0 Å². The number of nitrogens with zero attached hydrogens (tertiary/aromatic N) is 1. The average Bonchev–Trinajstić information content (AvgIpc) is 2.29. The molecular weight excluding hydrogens is 214 g/mol. The topological polar surface area (TPSA) is 40.5 Å². The Hall–Kier alpha value is -0.570. The Balaban J connectivity index is 1.72. The molecule has 2 rings (SSSR count). The van der Waals surface area contributed by atoms with E-state index in [1.165, 1.54) is 32.2 Å². The highest BCUT2D eigenvalue weighted by atomic mass is 16.4. The minimum Gasteiger partial charge on any atom is -0.481 e. The number of hydrogen-bond donors (Lipinski definition) is 1. The van der Waals surface area contributed by atoms with Crippen molar-refractivity contribution in [2.75, 3.05) is 19.6 Å². The summed E-state index contributed by atoms with van der Waals surface area (Å²) in [6, 6.07) is 0. The number of piperidine rings is 1. The highest BCUT2D eigenvalue weighted by Crippen LogP contribution is 2.30. The van der Waals surface area contributed by atoms with Crippen molar-refractivity contribution in [3.63, 3.8) is 0 Å². The lowest BCUT2D eigenvalue weighted by Gasteiger charge is -2.35. The van der Waals surface area contributed by atoms with Crippen LogP contribution in [-0.4, -0.2) is 35.6 Å². The zero-order valence-electron chi connectivity index (χ0n) is 10.9. The van der Waals surface area contributed by atoms with Crippen molar-refractivity contribution in [3.8, 4) is 0 Å². The minimum absolute atomic E-state index is 0.0865. The quantitative estimate of drug-likeness (QED) is 0.823. The van der Waals surface area contributed by atoms with E-state index in [4.69, 9.17) is 5.11 Å². The SMILES string of the molecule is CC1CCCC(CN2CCC(C(=O)O)CC2)C1. The zero-order chi connectivity index (χ0) is 12.3. The molecule has 3 heteroatoms. The number of likely N-dealkylation sites (tertiary alicyclic amines) is 1. The van der Waals surface area contributed by atoms with Gasteiger partial charge in [0.15, 0.2) is 0 Å². The van der Waals surface area contributed by atoms with Gasteiger partial charge in [-0.05, 0) is 50.6 Å². The minimum atomic E-state index is -0.601. The molecular formula is C14H25NO2. The van der Waals surface area contributed by atoms with E-state index < -0.39 is 5.97 Å². The molecule has 1 saturated heterocycles. The van der Waals surface area contributed by atoms with Gasteiger partial charge in [-0.1, -0.05) is 19.8 Å². The van der Waals surface area contributed by atoms with Crippen LogP contribution in [0.25, 0.3) is 0 Å². The summed E-state index contributed by atoms with van der Waals surface area (Å²) in [6.07, 6.45) is 7.23. The summed E-state index contributed by atoms with van der Waals surface area (Å²) in [6.45, 7) is 5.54. The van der Waals surface area contributed by atoms with Crippen molar-refractivity contribution in [1.29, 1.82) is 0 Å². The fourth-order valence-electron chi connectivity index (χ4n) is 3.45. The van der Waals surface area contributed by atoms with Gasteiger partial charge in [0.25, 0.3) is 0 Å². The van der Waals surface area contributed by atoms with Crippen LogP contribution in [0, 0.1) is 17.8 Å². The molecule has 1 aliphatic heterocycles. The molecule has 0 radical (unpaired) electrons. The maximum atomic E-state index is 10.9. The highest BCUT2D eigenvalue weighted by molar-refractivity contribution is 5.70. The van der Waals surface area contributed by atoms with Crippen LogP contribution < -0.4 is 0 Å². The highest BCUT2D eigenvalue weighted by Gasteiger charge is 2.27. The number of carboxylic acids is 1. The summed E-state index contributed by atoms with van der Waals surface area (Å²) >= 11 is 0. The lowest BCUT2D eigenvalue weighted by atomic mass is 9.82. The molecule has 0 aromatic carbocycles. The van der Waals surface area contributed by atoms with Gasteiger partial charge in [0.2, 0.25) is 0 Å². The first-order valence-electron chi connectivity index (χ1n) is 7.10. The van der Waals surface area contributed by atoms with Gasteiger partial charge in [-0.25, -0.2) is 0 Å². The van der Waals surface area contributed by atoms with Crippen molar-refractivity contribution in [1.82, 2.24) is 4.90 Å². The normalized spacial score (nSPS) is 32.5. The number of aliphatic carboxylic acids is 1. The molecule has 1 saturated carbocycles. The molecule has 0 bridgehead atoms. The molecule has 1 N–H and O–H groups in total. The molecule has 2 atom stereocenters. The van der Waals surface area contributed by atoms with E-state index in [1.54, 1.807) is 0 Å². The predicted octanol–water partition coefficient (Wildman–Crippen LogP) is 2.61. The first kappa shape index (κ1) is 12.9. The molecule has 98 valence electrons. The van der Waals surface area contributed by atoms with Crippen LogP contribution in [0.5, 0.6) is 0 Å². The second-order valence-corrected chi connectivity index (χ2v) is 6.05. The van der Waals surface area contributed by atoms with Crippen LogP contribution in [0.15, 0.2) is 0 Å². The van der Waals surface area contributed by atoms with Crippen LogP contribution in [0.4, 0.5) is 0 Å². The fourth-order valence-corrected chi connectivity index (χ4v) is 3.45. The van der Waals surface area contributed by atoms with Crippen molar-refractivity contribution < 1.29 is 9.90 Å². The Morgan fingerprint density at radius 2 is 1.94 bits per heavy atom. The first-order chi connectivity index (χ1) is 8.15. The van der Waals surface area contributed by atoms with Gasteiger partial charge in [-0.3, -0.25) is 4.79 Å². The Morgan fingerprint density at radius 1 is 1.24 bits per heavy atom. The number of hydrogen-bond acceptors (Lipinski definition) is 2. The molecule has 0 spiro atoms. The van der Waals surface area contributed by atoms with Crippen molar-refractivity contribution in [3.05, 3.63) is 0 Å². The molecule has 0 aromatic heterocycles. The summed E-state index contributed by atoms with van der Waals surface area (Å²) in [4.78, 5) is 13.4. The maximum absolute atomic E-state index is 10.9. The van der Waals surface area contributed by atoms with E-state index in [-0.39, 0.29) is 5.92 Å². The summed E-state index contributed by atoms with van der Waals surface area (Å²) in [5, 5.41) is 8.96. The van der Waals surface area contributed by atoms with Gasteiger partial charge in [-0.15, -0.1) is 0 Å². The van der Waals surface area contributed by atoms with Gasteiger partial charge >= 0.3 is 5.97 Å². The fraction of sp³-hybridized carbons (Fsp3) is 0.929. The first-order valence-corrected chi connectivity index (χ1v) is 7.10. The largest absolute Gasteiger partial charge is 0.481 e. The third kappa shape index (κ3) is 3.70. The standard InChI is InChI=1S/C14H25NO2/c1-11-3-2-4-12(9-11)10-15-7-5-13(6-8-15)14(16)17/h11-13H,2-10H2,1H3,(H,16,17). The third-order valence-corrected chi connectivity index (χ3v) is 4.50. The molecule has 1 aliphatic carbocycles. The van der Waals surface area contributed by atoms with Crippen LogP contribution >= 0.6 is 0 Å². The Bertz CT molecular complexity index is 259. The van der Waals surface area contributed by atoms with Crippen LogP contribution in [0.1, 0.15) is 45.4 Å². The van der Waals surface area contributed by atoms with Crippen molar-refractivity contribution in [2.24, 2.45) is 17.8 Å². The summed E-state index contributed by atoms with van der Waals surface area (Å²) in [5.74, 6) is 1.07. The molecule has 17 heavy (non-hydrogen) atoms. The van der Waals surface area contributed by atoms with Gasteiger partial charge in [0.05, 0.1) is 5.92 Å². The monoisotopic (exact) mass is 239 g/mol. The van der Waals surface area contributed by atoms with E-state index in [2.05, 4.69) is 11.8 Å². The molecule has 3 nitrogen and oxygen atoms in total. The molecule has 0 aromatic rings. The van der Waals surface area contributed by atoms with E-state index in [0.717, 1.165) is 37.8 Å². The van der Waals surface area contributed by atoms with Crippen LogP contribution in [-0.2, 0) is 4.79 Å². The summed E-state index contributed by atoms with van der Waals surface area (Å²) in [7, 11) is 0. The van der Waals surface area contributed by atoms with Gasteiger partial charge in [0.1, 0.15) is 0 Å². The molecule has 0 amide bonds. The molecule has 1 heterocycles. The van der Waals surface area contributed by atoms with Gasteiger partial charge in [0, 0.05) is 6.54 Å². The second-order valence-electron chi connectivity index (χ2n) is 6.05. The molecule has 2 fully saturated rings. The lowest BCUT2D eigenvalue weighted by molar-refractivity contribution is -0.143. The smallest absolute Gasteiger partial charge is 0.306 e. The van der Waals surface area contributed by atoms with E-state index in [1.807, 2.05) is 0 Å². The maximum Gasteiger partial charge on any atom is 0.306 e. The third-order valence-electron chi connectivity index (χ3n) is 4.50. The second kappa shape index (κ2) is 5.85. The van der Waals surface area contributed by atoms with E-state index >= 15 is 0 Å². The Labute approximate surface area is 104 Å².